The Morgan fingerprint density at radius 2 is 0.423 bits per heavy atom. The number of hydrogen-bond acceptors (Lipinski definition) is 12. The van der Waals surface area contributed by atoms with Gasteiger partial charge in [0, 0.05) is 0 Å². The van der Waals surface area contributed by atoms with Crippen molar-refractivity contribution in [2.75, 3.05) is 19.8 Å². The van der Waals surface area contributed by atoms with E-state index in [-0.39, 0.29) is 58.4 Å². The van der Waals surface area contributed by atoms with Crippen LogP contribution < -0.4 is 0 Å². The van der Waals surface area contributed by atoms with Gasteiger partial charge in [-0.05, 0) is 19.3 Å². The van der Waals surface area contributed by atoms with Gasteiger partial charge in [0.05, 0.1) is 19.8 Å². The Bertz CT molecular complexity index is 883. The molecule has 0 aromatic carbocycles. The van der Waals surface area contributed by atoms with Gasteiger partial charge in [-0.25, -0.2) is 25.3 Å². The van der Waals surface area contributed by atoms with E-state index in [0.717, 1.165) is 38.5 Å². The van der Waals surface area contributed by atoms with E-state index in [0.29, 0.717) is 19.3 Å². The summed E-state index contributed by atoms with van der Waals surface area (Å²) in [5.74, 6) is 0. The molecule has 318 valence electrons. The molecule has 0 aromatic heterocycles. The first-order chi connectivity index (χ1) is 24.2. The summed E-state index contributed by atoms with van der Waals surface area (Å²) < 4.78 is 103. The van der Waals surface area contributed by atoms with Crippen molar-refractivity contribution in [3.8, 4) is 0 Å². The fraction of sp³-hybridized carbons (Fsp3) is 1.00. The second kappa shape index (κ2) is 44.6. The molecule has 0 rings (SSSR count). The Balaban J connectivity index is -0.000000329. The van der Waals surface area contributed by atoms with Gasteiger partial charge < -0.3 is 13.7 Å². The molecule has 0 aromatic rings. The van der Waals surface area contributed by atoms with E-state index in [9.17, 15) is 38.9 Å². The number of rotatable bonds is 36. The van der Waals surface area contributed by atoms with Gasteiger partial charge >= 0.3 is 38.6 Å². The minimum absolute atomic E-state index is 0. The first kappa shape index (κ1) is 59.6. The zero-order valence-electron chi connectivity index (χ0n) is 32.8. The van der Waals surface area contributed by atoms with Gasteiger partial charge in [0.1, 0.15) is 0 Å². The fourth-order valence-corrected chi connectivity index (χ4v) is 6.22. The number of hydrogen-bond donors (Lipinski definition) is 0. The fourth-order valence-electron chi connectivity index (χ4n) is 5.25. The molecule has 0 atom stereocenters. The second-order valence-electron chi connectivity index (χ2n) is 13.2. The Kier molecular flexibility index (Phi) is 51.1. The third-order valence-corrected chi connectivity index (χ3v) is 9.54. The molecular weight excluding hydrogens is 880 g/mol. The van der Waals surface area contributed by atoms with Crippen molar-refractivity contribution in [3.63, 3.8) is 0 Å². The molecule has 0 aliphatic heterocycles. The van der Waals surface area contributed by atoms with Crippen LogP contribution in [0, 0.1) is 38.6 Å². The molecule has 0 bridgehead atoms. The van der Waals surface area contributed by atoms with Gasteiger partial charge in [0.25, 0.3) is 0 Å². The van der Waals surface area contributed by atoms with E-state index in [1.807, 2.05) is 0 Å². The van der Waals surface area contributed by atoms with E-state index in [1.54, 1.807) is 0 Å². The predicted molar refractivity (Wildman–Crippen MR) is 202 cm³/mol. The average molecular weight is 955 g/mol. The van der Waals surface area contributed by atoms with Crippen LogP contribution in [0.15, 0.2) is 0 Å². The van der Waals surface area contributed by atoms with Crippen LogP contribution in [0.5, 0.6) is 0 Å². The summed E-state index contributed by atoms with van der Waals surface area (Å²) in [6, 6.07) is 0. The molecule has 12 nitrogen and oxygen atoms in total. The molecule has 0 heterocycles. The SMILES string of the molecule is CCCCCCCCCCCCOS(=O)(=O)[O-].CCCCCCCCCCCCOS(=O)(=O)[O-].CCCCCCCCCCCCOS(=O)(=O)[O-].[Tb+3]. The minimum Gasteiger partial charge on any atom is -0.726 e. The minimum atomic E-state index is -4.48. The third kappa shape index (κ3) is 68.9. The molecule has 0 amide bonds. The largest absolute Gasteiger partial charge is 3.00 e. The Morgan fingerprint density at radius 1 is 0.288 bits per heavy atom. The van der Waals surface area contributed by atoms with Crippen LogP contribution in [0.2, 0.25) is 0 Å². The second-order valence-corrected chi connectivity index (χ2v) is 16.4. The summed E-state index contributed by atoms with van der Waals surface area (Å²) in [4.78, 5) is 0. The maximum Gasteiger partial charge on any atom is 3.00 e. The summed E-state index contributed by atoms with van der Waals surface area (Å²) >= 11 is 0. The first-order valence-corrected chi connectivity index (χ1v) is 24.0. The third-order valence-electron chi connectivity index (χ3n) is 8.18. The molecule has 0 N–H and O–H groups in total. The van der Waals surface area contributed by atoms with Crippen molar-refractivity contribution in [3.05, 3.63) is 0 Å². The summed E-state index contributed by atoms with van der Waals surface area (Å²) in [6.07, 6.45) is 35.1. The quantitative estimate of drug-likeness (QED) is 0.0328. The molecule has 0 spiro atoms. The van der Waals surface area contributed by atoms with Crippen LogP contribution in [-0.2, 0) is 43.7 Å². The molecule has 16 heteroatoms. The van der Waals surface area contributed by atoms with E-state index in [1.165, 1.54) is 135 Å². The van der Waals surface area contributed by atoms with E-state index < -0.39 is 31.2 Å². The first-order valence-electron chi connectivity index (χ1n) is 20.0. The molecule has 0 radical (unpaired) electrons. The van der Waals surface area contributed by atoms with Crippen molar-refractivity contribution in [1.29, 1.82) is 0 Å². The Hall–Kier alpha value is 0.896. The van der Waals surface area contributed by atoms with Gasteiger partial charge in [-0.15, -0.1) is 0 Å². The summed E-state index contributed by atoms with van der Waals surface area (Å²) in [5.41, 5.74) is 0. The molecular formula is C36H75O12S3Tb. The number of unbranched alkanes of at least 4 members (excludes halogenated alkanes) is 27. The molecule has 0 fully saturated rings. The summed E-state index contributed by atoms with van der Waals surface area (Å²) in [6.45, 7) is 6.73. The van der Waals surface area contributed by atoms with Crippen LogP contribution in [0.3, 0.4) is 0 Å². The van der Waals surface area contributed by atoms with Crippen molar-refractivity contribution in [2.24, 2.45) is 0 Å². The topological polar surface area (TPSA) is 199 Å². The van der Waals surface area contributed by atoms with E-state index in [4.69, 9.17) is 0 Å². The smallest absolute Gasteiger partial charge is 0.726 e. The van der Waals surface area contributed by atoms with Gasteiger partial charge in [-0.1, -0.05) is 194 Å². The van der Waals surface area contributed by atoms with Crippen molar-refractivity contribution < 1.29 is 90.1 Å². The van der Waals surface area contributed by atoms with Gasteiger partial charge in [0.15, 0.2) is 0 Å². The van der Waals surface area contributed by atoms with E-state index >= 15 is 0 Å². The maximum atomic E-state index is 10.1. The summed E-state index contributed by atoms with van der Waals surface area (Å²) in [7, 11) is -13.5. The molecule has 0 aliphatic carbocycles. The molecule has 0 aliphatic rings. The van der Waals surface area contributed by atoms with Crippen LogP contribution in [0.4, 0.5) is 0 Å². The molecule has 52 heavy (non-hydrogen) atoms. The molecule has 0 saturated carbocycles. The van der Waals surface area contributed by atoms with Crippen LogP contribution >= 0.6 is 0 Å². The predicted octanol–water partition coefficient (Wildman–Crippen LogP) is 10.2. The average Bonchev–Trinajstić information content (AvgIpc) is 3.04. The molecule has 0 unspecified atom stereocenters. The van der Waals surface area contributed by atoms with E-state index in [2.05, 4.69) is 33.3 Å². The standard InChI is InChI=1S/3C12H26O4S.Tb/c3*1-2-3-4-5-6-7-8-9-10-11-12-16-17(13,14)15;/h3*2-12H2,1H3,(H,13,14,15);/q;;;+3/p-3. The maximum absolute atomic E-state index is 10.1. The van der Waals surface area contributed by atoms with Crippen LogP contribution in [-0.4, -0.2) is 58.7 Å². The van der Waals surface area contributed by atoms with Crippen LogP contribution in [0.25, 0.3) is 0 Å². The van der Waals surface area contributed by atoms with Crippen molar-refractivity contribution in [2.45, 2.75) is 213 Å². The van der Waals surface area contributed by atoms with Crippen LogP contribution in [0.1, 0.15) is 213 Å². The van der Waals surface area contributed by atoms with Gasteiger partial charge in [-0.2, -0.15) is 0 Å². The summed E-state index contributed by atoms with van der Waals surface area (Å²) in [5, 5.41) is 0. The Morgan fingerprint density at radius 3 is 0.558 bits per heavy atom. The molecule has 0 saturated heterocycles. The van der Waals surface area contributed by atoms with Gasteiger partial charge in [0.2, 0.25) is 31.2 Å². The zero-order valence-corrected chi connectivity index (χ0v) is 37.4. The Labute approximate surface area is 351 Å². The van der Waals surface area contributed by atoms with Gasteiger partial charge in [-0.3, -0.25) is 12.5 Å². The monoisotopic (exact) mass is 954 g/mol. The zero-order chi connectivity index (χ0) is 39.0. The normalized spacial score (nSPS) is 11.7. The van der Waals surface area contributed by atoms with Crippen molar-refractivity contribution >= 4 is 31.2 Å². The van der Waals surface area contributed by atoms with Crippen molar-refractivity contribution in [1.82, 2.24) is 0 Å².